The number of ether oxygens (including phenoxy) is 6. The van der Waals surface area contributed by atoms with Gasteiger partial charge in [-0.2, -0.15) is 0 Å². The van der Waals surface area contributed by atoms with Crippen molar-refractivity contribution in [1.82, 2.24) is 55.4 Å². The van der Waals surface area contributed by atoms with Gasteiger partial charge >= 0.3 is 17.9 Å². The molecule has 24 nitrogen and oxygen atoms in total. The van der Waals surface area contributed by atoms with E-state index in [1.165, 1.54) is 33.1 Å². The van der Waals surface area contributed by atoms with Crippen LogP contribution < -0.4 is 32.0 Å². The second-order valence-corrected chi connectivity index (χ2v) is 21.3. The maximum Gasteiger partial charge on any atom is 0.324 e. The van der Waals surface area contributed by atoms with Crippen LogP contribution in [0, 0.1) is 0 Å². The summed E-state index contributed by atoms with van der Waals surface area (Å²) in [5, 5.41) is 15.8. The molecule has 6 rings (SSSR count). The van der Waals surface area contributed by atoms with E-state index in [-0.39, 0.29) is 55.0 Å². The quantitative estimate of drug-likeness (QED) is 0.0195. The third-order valence-corrected chi connectivity index (χ3v) is 14.7. The SMILES string of the molecule is CCCOCCOCCOCCCNC(=O)CN1CCN(CCC)CCN(CC(=O)OC)CCN(CC(=O)OC)CC1.CCNCc1ccc(-c2ccc(CNC(CNC(=O)c3cn(C)c4cc(CNc5ncc[nH]5)ccc4c3=O)C(=O)OC)cc2)cc1. The van der Waals surface area contributed by atoms with E-state index in [4.69, 9.17) is 28.4 Å². The number of aryl methyl sites for hydroxylation is 1. The van der Waals surface area contributed by atoms with Gasteiger partial charge in [0.2, 0.25) is 11.3 Å². The van der Waals surface area contributed by atoms with Crippen molar-refractivity contribution in [2.75, 3.05) is 164 Å². The zero-order valence-electron chi connectivity index (χ0n) is 52.8. The second kappa shape index (κ2) is 41.2. The molecule has 5 aromatic rings. The first-order chi connectivity index (χ1) is 42.8. The van der Waals surface area contributed by atoms with Crippen LogP contribution >= 0.6 is 0 Å². The molecule has 1 aliphatic heterocycles. The molecule has 24 heteroatoms. The largest absolute Gasteiger partial charge is 0.468 e. The summed E-state index contributed by atoms with van der Waals surface area (Å²) in [5.41, 5.74) is 5.67. The number of carbonyl (C=O) groups excluding carboxylic acids is 5. The van der Waals surface area contributed by atoms with E-state index in [1.807, 2.05) is 41.3 Å². The molecule has 2 amide bonds. The lowest BCUT2D eigenvalue weighted by molar-refractivity contribution is -0.143. The van der Waals surface area contributed by atoms with Crippen LogP contribution in [-0.4, -0.2) is 229 Å². The summed E-state index contributed by atoms with van der Waals surface area (Å²) >= 11 is 0. The van der Waals surface area contributed by atoms with Gasteiger partial charge < -0.3 is 64.1 Å². The van der Waals surface area contributed by atoms with Crippen molar-refractivity contribution in [1.29, 1.82) is 0 Å². The summed E-state index contributed by atoms with van der Waals surface area (Å²) in [7, 11) is 5.86. The summed E-state index contributed by atoms with van der Waals surface area (Å²) in [6.07, 6.45) is 7.66. The van der Waals surface area contributed by atoms with Crippen LogP contribution in [0.15, 0.2) is 90.1 Å². The number of H-pyrrole nitrogens is 1. The van der Waals surface area contributed by atoms with Gasteiger partial charge in [-0.3, -0.25) is 48.8 Å². The van der Waals surface area contributed by atoms with Crippen LogP contribution in [0.4, 0.5) is 5.95 Å². The number of nitrogens with one attached hydrogen (secondary N) is 6. The molecular weight excluding hydrogens is 1130 g/mol. The summed E-state index contributed by atoms with van der Waals surface area (Å²) in [6, 6.07) is 21.2. The highest BCUT2D eigenvalue weighted by molar-refractivity contribution is 5.97. The number of hydrogen-bond acceptors (Lipinski definition) is 20. The molecule has 6 N–H and O–H groups in total. The Morgan fingerprint density at radius 2 is 1.18 bits per heavy atom. The Kier molecular flexibility index (Phi) is 33.5. The lowest BCUT2D eigenvalue weighted by Crippen LogP contribution is -2.49. The number of esters is 3. The molecular formula is C64H96N12O12. The first kappa shape index (κ1) is 71.6. The van der Waals surface area contributed by atoms with Gasteiger partial charge in [-0.15, -0.1) is 0 Å². The number of pyridine rings is 1. The Morgan fingerprint density at radius 1 is 0.625 bits per heavy atom. The zero-order chi connectivity index (χ0) is 63.3. The van der Waals surface area contributed by atoms with Crippen molar-refractivity contribution in [3.63, 3.8) is 0 Å². The number of hydrogen-bond donors (Lipinski definition) is 6. The zero-order valence-corrected chi connectivity index (χ0v) is 52.8. The highest BCUT2D eigenvalue weighted by atomic mass is 16.5. The molecule has 484 valence electrons. The Balaban J connectivity index is 0.000000323. The highest BCUT2D eigenvalue weighted by Crippen LogP contribution is 2.21. The Labute approximate surface area is 518 Å². The third-order valence-electron chi connectivity index (χ3n) is 14.7. The fourth-order valence-electron chi connectivity index (χ4n) is 9.59. The third kappa shape index (κ3) is 26.3. The Bertz CT molecular complexity index is 2890. The lowest BCUT2D eigenvalue weighted by Gasteiger charge is -2.33. The molecule has 1 saturated heterocycles. The normalized spacial score (nSPS) is 14.2. The minimum Gasteiger partial charge on any atom is -0.468 e. The van der Waals surface area contributed by atoms with Crippen LogP contribution in [0.2, 0.25) is 0 Å². The molecule has 1 aliphatic rings. The van der Waals surface area contributed by atoms with Crippen molar-refractivity contribution in [3.05, 3.63) is 118 Å². The van der Waals surface area contributed by atoms with Crippen LogP contribution in [0.1, 0.15) is 67.1 Å². The van der Waals surface area contributed by atoms with Gasteiger partial charge in [0.15, 0.2) is 5.95 Å². The lowest BCUT2D eigenvalue weighted by atomic mass is 10.0. The molecule has 0 radical (unpaired) electrons. The second-order valence-electron chi connectivity index (χ2n) is 21.3. The number of benzene rings is 3. The molecule has 3 aromatic carbocycles. The maximum absolute atomic E-state index is 13.3. The smallest absolute Gasteiger partial charge is 0.324 e. The van der Waals surface area contributed by atoms with E-state index in [0.717, 1.165) is 87.4 Å². The average Bonchev–Trinajstić information content (AvgIpc) is 2.59. The Morgan fingerprint density at radius 3 is 1.73 bits per heavy atom. The van der Waals surface area contributed by atoms with E-state index in [9.17, 15) is 28.8 Å². The summed E-state index contributed by atoms with van der Waals surface area (Å²) in [6.45, 7) is 20.1. The molecule has 0 bridgehead atoms. The number of rotatable bonds is 34. The molecule has 0 saturated carbocycles. The van der Waals surface area contributed by atoms with Crippen molar-refractivity contribution in [3.8, 4) is 11.1 Å². The van der Waals surface area contributed by atoms with Crippen LogP contribution in [0.25, 0.3) is 22.0 Å². The summed E-state index contributed by atoms with van der Waals surface area (Å²) in [5.74, 6) is -1.04. The van der Waals surface area contributed by atoms with Crippen LogP contribution in [-0.2, 0) is 74.3 Å². The van der Waals surface area contributed by atoms with Crippen LogP contribution in [0.5, 0.6) is 0 Å². The van der Waals surface area contributed by atoms with Crippen molar-refractivity contribution >= 4 is 46.6 Å². The van der Waals surface area contributed by atoms with Gasteiger partial charge in [0.25, 0.3) is 5.91 Å². The topological polar surface area (TPSA) is 265 Å². The predicted octanol–water partition coefficient (Wildman–Crippen LogP) is 3.64. The molecule has 0 spiro atoms. The number of anilines is 1. The van der Waals surface area contributed by atoms with Crippen molar-refractivity contribution in [2.24, 2.45) is 7.05 Å². The number of aromatic nitrogens is 3. The first-order valence-corrected chi connectivity index (χ1v) is 30.6. The number of fused-ring (bicyclic) bond motifs is 1. The van der Waals surface area contributed by atoms with E-state index in [2.05, 4.69) is 96.3 Å². The molecule has 2 aromatic heterocycles. The number of imidazole rings is 1. The van der Waals surface area contributed by atoms with Gasteiger partial charge in [-0.1, -0.05) is 75.4 Å². The van der Waals surface area contributed by atoms with Crippen molar-refractivity contribution < 1.29 is 52.4 Å². The maximum atomic E-state index is 13.3. The van der Waals surface area contributed by atoms with E-state index in [1.54, 1.807) is 30.1 Å². The molecule has 3 heterocycles. The standard InChI is InChI=1S/C35H39N7O4.C29H57N5O8/c1-4-36-18-23-5-10-26(11-6-23)27-12-7-24(8-13-27)19-39-30(34(45)46-3)21-40-33(44)29-22-42(2)31-17-25(9-14-28(31)32(29)43)20-41-35-37-15-16-38-35;1-5-9-31-10-12-32(24-27(35)30-8-7-19-41-21-23-42-22-20-40-18-6-2)14-15-34(26-29(37)39-4)17-16-33(13-11-31)25-28(36)38-3/h5-17,22,30,36,39H,4,18-21H2,1-3H3,(H,40,44)(H2,37,38,41);5-26H2,1-4H3,(H,30,35). The van der Waals surface area contributed by atoms with E-state index < -0.39 is 17.9 Å². The average molecular weight is 1230 g/mol. The van der Waals surface area contributed by atoms with Gasteiger partial charge in [-0.05, 0) is 72.3 Å². The van der Waals surface area contributed by atoms with Gasteiger partial charge in [-0.25, -0.2) is 4.98 Å². The monoisotopic (exact) mass is 1220 g/mol. The predicted molar refractivity (Wildman–Crippen MR) is 340 cm³/mol. The number of carbonyl (C=O) groups is 5. The van der Waals surface area contributed by atoms with Gasteiger partial charge in [0.05, 0.1) is 72.9 Å². The number of nitrogens with zero attached hydrogens (tertiary/aromatic N) is 6. The number of methoxy groups -OCH3 is 3. The van der Waals surface area contributed by atoms with Gasteiger partial charge in [0.1, 0.15) is 11.6 Å². The summed E-state index contributed by atoms with van der Waals surface area (Å²) < 4.78 is 32.9. The van der Waals surface area contributed by atoms with E-state index in [0.29, 0.717) is 102 Å². The fourth-order valence-corrected chi connectivity index (χ4v) is 9.59. The summed E-state index contributed by atoms with van der Waals surface area (Å²) in [4.78, 5) is 91.6. The van der Waals surface area contributed by atoms with Crippen LogP contribution in [0.3, 0.4) is 0 Å². The van der Waals surface area contributed by atoms with E-state index >= 15 is 0 Å². The minimum atomic E-state index is -0.813. The van der Waals surface area contributed by atoms with Crippen molar-refractivity contribution in [2.45, 2.75) is 65.7 Å². The van der Waals surface area contributed by atoms with Gasteiger partial charge in [0, 0.05) is 129 Å². The molecule has 0 aliphatic carbocycles. The first-order valence-electron chi connectivity index (χ1n) is 30.6. The Hall–Kier alpha value is -7.13. The molecule has 88 heavy (non-hydrogen) atoms. The molecule has 1 fully saturated rings. The highest BCUT2D eigenvalue weighted by Gasteiger charge is 2.24. The number of aromatic amines is 1. The number of amides is 2. The minimum absolute atomic E-state index is 0.00896. The molecule has 1 unspecified atom stereocenters. The fraction of sp³-hybridized carbons (Fsp3) is 0.547. The molecule has 1 atom stereocenters.